The van der Waals surface area contributed by atoms with E-state index in [1.807, 2.05) is 24.0 Å². The number of piperidine rings is 1. The molecule has 0 aliphatic carbocycles. The molecule has 1 aliphatic heterocycles. The fourth-order valence-electron chi connectivity index (χ4n) is 4.20. The van der Waals surface area contributed by atoms with Crippen LogP contribution in [0.2, 0.25) is 0 Å². The Balaban J connectivity index is 1.58. The number of amides is 2. The molecule has 0 unspecified atom stereocenters. The standard InChI is InChI=1S/C26H35N3O2/c1-4-7-25(30)29-16-14-22(15-17-29)26(31)27-18-23-8-5-6-9-24(23)21-12-10-20(11-13-21)19-28(2)3/h5-6,8-13,22H,4,7,14-19H2,1-3H3,(H,27,31). The fourth-order valence-corrected chi connectivity index (χ4v) is 4.20. The van der Waals surface area contributed by atoms with E-state index in [2.05, 4.69) is 60.7 Å². The summed E-state index contributed by atoms with van der Waals surface area (Å²) >= 11 is 0. The number of hydrogen-bond acceptors (Lipinski definition) is 3. The number of rotatable bonds is 8. The Bertz CT molecular complexity index is 868. The Morgan fingerprint density at radius 2 is 1.71 bits per heavy atom. The van der Waals surface area contributed by atoms with Crippen molar-refractivity contribution >= 4 is 11.8 Å². The van der Waals surface area contributed by atoms with Gasteiger partial charge in [-0.25, -0.2) is 0 Å². The van der Waals surface area contributed by atoms with Gasteiger partial charge in [0.1, 0.15) is 0 Å². The van der Waals surface area contributed by atoms with E-state index in [1.165, 1.54) is 5.56 Å². The lowest BCUT2D eigenvalue weighted by Gasteiger charge is -2.31. The van der Waals surface area contributed by atoms with E-state index >= 15 is 0 Å². The first kappa shape index (κ1) is 23.0. The average Bonchev–Trinajstić information content (AvgIpc) is 2.78. The van der Waals surface area contributed by atoms with Crippen LogP contribution in [0.15, 0.2) is 48.5 Å². The van der Waals surface area contributed by atoms with Crippen LogP contribution in [0.3, 0.4) is 0 Å². The van der Waals surface area contributed by atoms with Crippen LogP contribution >= 0.6 is 0 Å². The smallest absolute Gasteiger partial charge is 0.223 e. The molecule has 166 valence electrons. The molecule has 1 fully saturated rings. The molecule has 2 amide bonds. The summed E-state index contributed by atoms with van der Waals surface area (Å²) in [5, 5.41) is 3.14. The molecule has 5 nitrogen and oxygen atoms in total. The quantitative estimate of drug-likeness (QED) is 0.699. The van der Waals surface area contributed by atoms with Crippen molar-refractivity contribution in [2.45, 2.75) is 45.7 Å². The summed E-state index contributed by atoms with van der Waals surface area (Å²) in [5.74, 6) is 0.300. The summed E-state index contributed by atoms with van der Waals surface area (Å²) in [6, 6.07) is 16.9. The zero-order valence-electron chi connectivity index (χ0n) is 19.1. The Morgan fingerprint density at radius 3 is 2.35 bits per heavy atom. The zero-order chi connectivity index (χ0) is 22.2. The highest BCUT2D eigenvalue weighted by Crippen LogP contribution is 2.25. The summed E-state index contributed by atoms with van der Waals surface area (Å²) in [7, 11) is 4.14. The van der Waals surface area contributed by atoms with Crippen LogP contribution in [0.1, 0.15) is 43.7 Å². The van der Waals surface area contributed by atoms with Crippen LogP contribution in [0.5, 0.6) is 0 Å². The third-order valence-corrected chi connectivity index (χ3v) is 5.92. The summed E-state index contributed by atoms with van der Waals surface area (Å²) in [5.41, 5.74) is 4.71. The number of likely N-dealkylation sites (tertiary alicyclic amines) is 1. The lowest BCUT2D eigenvalue weighted by atomic mass is 9.95. The molecule has 1 saturated heterocycles. The van der Waals surface area contributed by atoms with Crippen molar-refractivity contribution in [2.75, 3.05) is 27.2 Å². The number of carbonyl (C=O) groups excluding carboxylic acids is 2. The molecule has 5 heteroatoms. The van der Waals surface area contributed by atoms with Crippen LogP contribution in [0.25, 0.3) is 11.1 Å². The Hall–Kier alpha value is -2.66. The molecule has 1 heterocycles. The molecule has 1 aliphatic rings. The second-order valence-electron chi connectivity index (χ2n) is 8.71. The maximum Gasteiger partial charge on any atom is 0.223 e. The summed E-state index contributed by atoms with van der Waals surface area (Å²) in [6.45, 7) is 4.83. The first-order valence-corrected chi connectivity index (χ1v) is 11.4. The first-order valence-electron chi connectivity index (χ1n) is 11.4. The minimum absolute atomic E-state index is 0.0110. The number of hydrogen-bond donors (Lipinski definition) is 1. The second kappa shape index (κ2) is 11.1. The van der Waals surface area contributed by atoms with Crippen molar-refractivity contribution in [3.05, 3.63) is 59.7 Å². The molecule has 0 radical (unpaired) electrons. The second-order valence-corrected chi connectivity index (χ2v) is 8.71. The van der Waals surface area contributed by atoms with E-state index in [4.69, 9.17) is 0 Å². The molecular weight excluding hydrogens is 386 g/mol. The molecule has 2 aromatic rings. The van der Waals surface area contributed by atoms with Crippen LogP contribution < -0.4 is 5.32 Å². The minimum Gasteiger partial charge on any atom is -0.352 e. The minimum atomic E-state index is -0.0110. The highest BCUT2D eigenvalue weighted by Gasteiger charge is 2.26. The molecule has 3 rings (SSSR count). The van der Waals surface area contributed by atoms with E-state index in [0.717, 1.165) is 42.5 Å². The highest BCUT2D eigenvalue weighted by atomic mass is 16.2. The molecule has 0 aromatic heterocycles. The van der Waals surface area contributed by atoms with Crippen LogP contribution in [0.4, 0.5) is 0 Å². The number of nitrogens with zero attached hydrogens (tertiary/aromatic N) is 2. The molecule has 0 bridgehead atoms. The van der Waals surface area contributed by atoms with Crippen LogP contribution in [0, 0.1) is 5.92 Å². The average molecular weight is 422 g/mol. The molecule has 0 saturated carbocycles. The number of benzene rings is 2. The largest absolute Gasteiger partial charge is 0.352 e. The summed E-state index contributed by atoms with van der Waals surface area (Å²) in [4.78, 5) is 28.9. The van der Waals surface area contributed by atoms with E-state index in [0.29, 0.717) is 26.1 Å². The zero-order valence-corrected chi connectivity index (χ0v) is 19.1. The van der Waals surface area contributed by atoms with Crippen molar-refractivity contribution in [1.29, 1.82) is 0 Å². The first-order chi connectivity index (χ1) is 15.0. The maximum absolute atomic E-state index is 12.7. The monoisotopic (exact) mass is 421 g/mol. The molecule has 2 aromatic carbocycles. The third-order valence-electron chi connectivity index (χ3n) is 5.92. The van der Waals surface area contributed by atoms with E-state index < -0.39 is 0 Å². The predicted molar refractivity (Wildman–Crippen MR) is 125 cm³/mol. The van der Waals surface area contributed by atoms with Gasteiger partial charge in [-0.3, -0.25) is 9.59 Å². The van der Waals surface area contributed by atoms with Gasteiger partial charge in [-0.1, -0.05) is 55.5 Å². The van der Waals surface area contributed by atoms with Crippen molar-refractivity contribution in [3.8, 4) is 11.1 Å². The highest BCUT2D eigenvalue weighted by molar-refractivity contribution is 5.80. The number of nitrogens with one attached hydrogen (secondary N) is 1. The predicted octanol–water partition coefficient (Wildman–Crippen LogP) is 4.07. The van der Waals surface area contributed by atoms with Gasteiger partial charge in [-0.05, 0) is 55.6 Å². The van der Waals surface area contributed by atoms with Gasteiger partial charge < -0.3 is 15.1 Å². The van der Waals surface area contributed by atoms with Gasteiger partial charge in [-0.2, -0.15) is 0 Å². The van der Waals surface area contributed by atoms with Gasteiger partial charge in [-0.15, -0.1) is 0 Å². The van der Waals surface area contributed by atoms with E-state index in [9.17, 15) is 9.59 Å². The van der Waals surface area contributed by atoms with Gasteiger partial charge in [0.15, 0.2) is 0 Å². The van der Waals surface area contributed by atoms with E-state index in [1.54, 1.807) is 0 Å². The van der Waals surface area contributed by atoms with Gasteiger partial charge in [0.25, 0.3) is 0 Å². The van der Waals surface area contributed by atoms with Crippen LogP contribution in [-0.4, -0.2) is 48.8 Å². The van der Waals surface area contributed by atoms with Gasteiger partial charge in [0.05, 0.1) is 0 Å². The topological polar surface area (TPSA) is 52.7 Å². The van der Waals surface area contributed by atoms with Gasteiger partial charge in [0, 0.05) is 38.5 Å². The van der Waals surface area contributed by atoms with Gasteiger partial charge >= 0.3 is 0 Å². The summed E-state index contributed by atoms with van der Waals surface area (Å²) in [6.07, 6.45) is 2.97. The van der Waals surface area contributed by atoms with Gasteiger partial charge in [0.2, 0.25) is 11.8 Å². The van der Waals surface area contributed by atoms with Crippen molar-refractivity contribution in [2.24, 2.45) is 5.92 Å². The molecule has 31 heavy (non-hydrogen) atoms. The Labute approximate surface area is 186 Å². The molecule has 0 spiro atoms. The van der Waals surface area contributed by atoms with Crippen LogP contribution in [-0.2, 0) is 22.7 Å². The SMILES string of the molecule is CCCC(=O)N1CCC(C(=O)NCc2ccccc2-c2ccc(CN(C)C)cc2)CC1. The fraction of sp³-hybridized carbons (Fsp3) is 0.462. The third kappa shape index (κ3) is 6.41. The normalized spacial score (nSPS) is 14.6. The van der Waals surface area contributed by atoms with Crippen molar-refractivity contribution in [3.63, 3.8) is 0 Å². The molecule has 0 atom stereocenters. The number of carbonyl (C=O) groups is 2. The Morgan fingerprint density at radius 1 is 1.03 bits per heavy atom. The molecule has 1 N–H and O–H groups in total. The summed E-state index contributed by atoms with van der Waals surface area (Å²) < 4.78 is 0. The maximum atomic E-state index is 12.7. The van der Waals surface area contributed by atoms with Crippen molar-refractivity contribution < 1.29 is 9.59 Å². The lowest BCUT2D eigenvalue weighted by Crippen LogP contribution is -2.42. The van der Waals surface area contributed by atoms with Crippen molar-refractivity contribution in [1.82, 2.24) is 15.1 Å². The molecular formula is C26H35N3O2. The lowest BCUT2D eigenvalue weighted by molar-refractivity contribution is -0.135. The van der Waals surface area contributed by atoms with E-state index in [-0.39, 0.29) is 17.7 Å². The Kier molecular flexibility index (Phi) is 8.24.